The van der Waals surface area contributed by atoms with E-state index in [4.69, 9.17) is 4.74 Å². The molecule has 0 radical (unpaired) electrons. The van der Waals surface area contributed by atoms with E-state index in [1.54, 1.807) is 0 Å². The third-order valence-corrected chi connectivity index (χ3v) is 4.12. The summed E-state index contributed by atoms with van der Waals surface area (Å²) in [5, 5.41) is 3.74. The SMILES string of the molecule is CC(C)OCCCCNC1CCC(C)(C)CC1C. The maximum absolute atomic E-state index is 5.55. The normalized spacial score (nSPS) is 27.7. The van der Waals surface area contributed by atoms with Crippen LogP contribution in [-0.4, -0.2) is 25.3 Å². The Morgan fingerprint density at radius 1 is 1.28 bits per heavy atom. The Kier molecular flexibility index (Phi) is 6.65. The summed E-state index contributed by atoms with van der Waals surface area (Å²) in [4.78, 5) is 0. The van der Waals surface area contributed by atoms with E-state index in [9.17, 15) is 0 Å². The second-order valence-corrected chi connectivity index (χ2v) is 7.07. The molecule has 1 aliphatic carbocycles. The molecule has 2 nitrogen and oxygen atoms in total. The van der Waals surface area contributed by atoms with Crippen molar-refractivity contribution in [2.45, 2.75) is 78.9 Å². The molecule has 2 unspecified atom stereocenters. The first-order valence-corrected chi connectivity index (χ1v) is 7.76. The standard InChI is InChI=1S/C16H33NO/c1-13(2)18-11-7-6-10-17-15-8-9-16(4,5)12-14(15)3/h13-15,17H,6-12H2,1-5H3. The Morgan fingerprint density at radius 2 is 2.00 bits per heavy atom. The molecule has 0 amide bonds. The first kappa shape index (κ1) is 16.0. The number of rotatable bonds is 7. The van der Waals surface area contributed by atoms with E-state index in [1.165, 1.54) is 32.1 Å². The van der Waals surface area contributed by atoms with Gasteiger partial charge in [-0.15, -0.1) is 0 Å². The van der Waals surface area contributed by atoms with E-state index in [0.29, 0.717) is 11.5 Å². The molecule has 1 saturated carbocycles. The number of hydrogen-bond donors (Lipinski definition) is 1. The quantitative estimate of drug-likeness (QED) is 0.694. The van der Waals surface area contributed by atoms with Crippen LogP contribution in [0.5, 0.6) is 0 Å². The molecule has 18 heavy (non-hydrogen) atoms. The van der Waals surface area contributed by atoms with Gasteiger partial charge in [0.1, 0.15) is 0 Å². The molecule has 0 aliphatic heterocycles. The molecular formula is C16H33NO. The van der Waals surface area contributed by atoms with Crippen LogP contribution < -0.4 is 5.32 Å². The third-order valence-electron chi connectivity index (χ3n) is 4.12. The van der Waals surface area contributed by atoms with Crippen LogP contribution in [0.3, 0.4) is 0 Å². The first-order chi connectivity index (χ1) is 8.41. The van der Waals surface area contributed by atoms with E-state index in [0.717, 1.165) is 25.1 Å². The Morgan fingerprint density at radius 3 is 2.61 bits per heavy atom. The first-order valence-electron chi connectivity index (χ1n) is 7.76. The fourth-order valence-electron chi connectivity index (χ4n) is 3.08. The van der Waals surface area contributed by atoms with E-state index >= 15 is 0 Å². The zero-order chi connectivity index (χ0) is 13.6. The van der Waals surface area contributed by atoms with Crippen molar-refractivity contribution in [3.63, 3.8) is 0 Å². The number of nitrogens with one attached hydrogen (secondary N) is 1. The van der Waals surface area contributed by atoms with E-state index in [1.807, 2.05) is 0 Å². The lowest BCUT2D eigenvalue weighted by Gasteiger charge is -2.39. The van der Waals surface area contributed by atoms with Gasteiger partial charge in [0.2, 0.25) is 0 Å². The van der Waals surface area contributed by atoms with Crippen LogP contribution in [-0.2, 0) is 4.74 Å². The maximum atomic E-state index is 5.55. The number of ether oxygens (including phenoxy) is 1. The van der Waals surface area contributed by atoms with E-state index in [-0.39, 0.29) is 0 Å². The predicted molar refractivity (Wildman–Crippen MR) is 78.9 cm³/mol. The zero-order valence-corrected chi connectivity index (χ0v) is 13.1. The highest BCUT2D eigenvalue weighted by Crippen LogP contribution is 2.38. The lowest BCUT2D eigenvalue weighted by atomic mass is 9.70. The molecule has 0 spiro atoms. The Bertz CT molecular complexity index is 225. The highest BCUT2D eigenvalue weighted by atomic mass is 16.5. The van der Waals surface area contributed by atoms with Crippen LogP contribution in [0.1, 0.15) is 66.7 Å². The Hall–Kier alpha value is -0.0800. The molecule has 0 aromatic heterocycles. The van der Waals surface area contributed by atoms with Crippen molar-refractivity contribution in [3.8, 4) is 0 Å². The second-order valence-electron chi connectivity index (χ2n) is 7.07. The van der Waals surface area contributed by atoms with Crippen molar-refractivity contribution in [1.29, 1.82) is 0 Å². The fraction of sp³-hybridized carbons (Fsp3) is 1.00. The molecule has 1 N–H and O–H groups in total. The molecular weight excluding hydrogens is 222 g/mol. The molecule has 2 atom stereocenters. The topological polar surface area (TPSA) is 21.3 Å². The number of unbranched alkanes of at least 4 members (excludes halogenated alkanes) is 1. The predicted octanol–water partition coefficient (Wildman–Crippen LogP) is 4.00. The van der Waals surface area contributed by atoms with Gasteiger partial charge in [-0.2, -0.15) is 0 Å². The van der Waals surface area contributed by atoms with Gasteiger partial charge in [-0.1, -0.05) is 20.8 Å². The summed E-state index contributed by atoms with van der Waals surface area (Å²) in [6.07, 6.45) is 6.86. The summed E-state index contributed by atoms with van der Waals surface area (Å²) < 4.78 is 5.55. The van der Waals surface area contributed by atoms with Gasteiger partial charge in [0, 0.05) is 12.6 Å². The van der Waals surface area contributed by atoms with E-state index < -0.39 is 0 Å². The van der Waals surface area contributed by atoms with Crippen molar-refractivity contribution in [3.05, 3.63) is 0 Å². The highest BCUT2D eigenvalue weighted by Gasteiger charge is 2.31. The van der Waals surface area contributed by atoms with Crippen molar-refractivity contribution in [2.75, 3.05) is 13.2 Å². The Labute approximate surface area is 114 Å². The second kappa shape index (κ2) is 7.49. The van der Waals surface area contributed by atoms with Gasteiger partial charge >= 0.3 is 0 Å². The van der Waals surface area contributed by atoms with Crippen LogP contribution in [0.25, 0.3) is 0 Å². The summed E-state index contributed by atoms with van der Waals surface area (Å²) in [6, 6.07) is 0.740. The minimum Gasteiger partial charge on any atom is -0.379 e. The number of hydrogen-bond acceptors (Lipinski definition) is 2. The molecule has 0 aromatic carbocycles. The van der Waals surface area contributed by atoms with Gasteiger partial charge < -0.3 is 10.1 Å². The Balaban J connectivity index is 2.06. The van der Waals surface area contributed by atoms with Gasteiger partial charge in [-0.3, -0.25) is 0 Å². The van der Waals surface area contributed by atoms with Crippen molar-refractivity contribution < 1.29 is 4.74 Å². The molecule has 0 aromatic rings. The van der Waals surface area contributed by atoms with Gasteiger partial charge in [-0.25, -0.2) is 0 Å². The zero-order valence-electron chi connectivity index (χ0n) is 13.1. The molecule has 0 bridgehead atoms. The molecule has 2 heteroatoms. The lowest BCUT2D eigenvalue weighted by molar-refractivity contribution is 0.0754. The van der Waals surface area contributed by atoms with Crippen molar-refractivity contribution in [1.82, 2.24) is 5.32 Å². The minimum absolute atomic E-state index is 0.374. The smallest absolute Gasteiger partial charge is 0.0518 e. The summed E-state index contributed by atoms with van der Waals surface area (Å²) in [7, 11) is 0. The average molecular weight is 255 g/mol. The van der Waals surface area contributed by atoms with Crippen LogP contribution in [0.15, 0.2) is 0 Å². The molecule has 0 saturated heterocycles. The van der Waals surface area contributed by atoms with Crippen molar-refractivity contribution >= 4 is 0 Å². The largest absolute Gasteiger partial charge is 0.379 e. The molecule has 1 aliphatic rings. The minimum atomic E-state index is 0.374. The lowest BCUT2D eigenvalue weighted by Crippen LogP contribution is -2.42. The van der Waals surface area contributed by atoms with Gasteiger partial charge in [0.25, 0.3) is 0 Å². The van der Waals surface area contributed by atoms with Gasteiger partial charge in [0.05, 0.1) is 6.10 Å². The summed E-state index contributed by atoms with van der Waals surface area (Å²) in [5.41, 5.74) is 0.558. The monoisotopic (exact) mass is 255 g/mol. The van der Waals surface area contributed by atoms with Crippen LogP contribution in [0.2, 0.25) is 0 Å². The summed E-state index contributed by atoms with van der Waals surface area (Å²) in [6.45, 7) is 13.5. The summed E-state index contributed by atoms with van der Waals surface area (Å²) >= 11 is 0. The summed E-state index contributed by atoms with van der Waals surface area (Å²) in [5.74, 6) is 0.820. The molecule has 1 fully saturated rings. The van der Waals surface area contributed by atoms with Crippen molar-refractivity contribution in [2.24, 2.45) is 11.3 Å². The van der Waals surface area contributed by atoms with Gasteiger partial charge in [0.15, 0.2) is 0 Å². The molecule has 0 heterocycles. The van der Waals surface area contributed by atoms with Crippen LogP contribution in [0.4, 0.5) is 0 Å². The average Bonchev–Trinajstić information content (AvgIpc) is 2.24. The third kappa shape index (κ3) is 6.19. The van der Waals surface area contributed by atoms with Crippen LogP contribution in [0, 0.1) is 11.3 Å². The van der Waals surface area contributed by atoms with Gasteiger partial charge in [-0.05, 0) is 63.8 Å². The molecule has 1 rings (SSSR count). The fourth-order valence-corrected chi connectivity index (χ4v) is 3.08. The maximum Gasteiger partial charge on any atom is 0.0518 e. The molecule has 108 valence electrons. The van der Waals surface area contributed by atoms with E-state index in [2.05, 4.69) is 39.9 Å². The van der Waals surface area contributed by atoms with Crippen LogP contribution >= 0.6 is 0 Å². The highest BCUT2D eigenvalue weighted by molar-refractivity contribution is 4.86.